The van der Waals surface area contributed by atoms with E-state index in [2.05, 4.69) is 24.3 Å². The first-order chi connectivity index (χ1) is 8.28. The Kier molecular flexibility index (Phi) is 2.63. The van der Waals surface area contributed by atoms with Crippen molar-refractivity contribution >= 4 is 5.91 Å². The third-order valence-corrected chi connectivity index (χ3v) is 4.00. The molecule has 0 bridgehead atoms. The van der Waals surface area contributed by atoms with Gasteiger partial charge in [0.25, 0.3) is 0 Å². The van der Waals surface area contributed by atoms with Gasteiger partial charge in [0.15, 0.2) is 0 Å². The van der Waals surface area contributed by atoms with Crippen LogP contribution >= 0.6 is 0 Å². The van der Waals surface area contributed by atoms with Crippen LogP contribution < -0.4 is 5.73 Å². The van der Waals surface area contributed by atoms with Crippen LogP contribution in [0.3, 0.4) is 0 Å². The fraction of sp³-hybridized carbons (Fsp3) is 0.500. The molecule has 0 saturated carbocycles. The van der Waals surface area contributed by atoms with Gasteiger partial charge in [-0.25, -0.2) is 0 Å². The van der Waals surface area contributed by atoms with E-state index in [0.717, 1.165) is 25.9 Å². The van der Waals surface area contributed by atoms with E-state index < -0.39 is 0 Å². The molecule has 0 aromatic heterocycles. The van der Waals surface area contributed by atoms with Gasteiger partial charge in [0.2, 0.25) is 5.91 Å². The summed E-state index contributed by atoms with van der Waals surface area (Å²) in [6, 6.07) is 8.39. The van der Waals surface area contributed by atoms with Crippen LogP contribution in [0, 0.1) is 11.8 Å². The number of benzene rings is 1. The van der Waals surface area contributed by atoms with Crippen LogP contribution in [0.25, 0.3) is 0 Å². The Morgan fingerprint density at radius 2 is 1.82 bits per heavy atom. The van der Waals surface area contributed by atoms with Crippen LogP contribution in [-0.2, 0) is 17.6 Å². The van der Waals surface area contributed by atoms with Crippen LogP contribution in [0.4, 0.5) is 0 Å². The van der Waals surface area contributed by atoms with Crippen LogP contribution in [-0.4, -0.2) is 30.4 Å². The standard InChI is InChI=1S/C14H18N2O/c15-7-10-8-16(9-10)14(17)13-5-11-3-1-2-4-12(11)6-13/h1-4,10,13H,5-9,15H2. The first-order valence-electron chi connectivity index (χ1n) is 6.33. The number of rotatable bonds is 2. The van der Waals surface area contributed by atoms with Gasteiger partial charge in [-0.2, -0.15) is 0 Å². The van der Waals surface area contributed by atoms with Gasteiger partial charge in [0.1, 0.15) is 0 Å². The van der Waals surface area contributed by atoms with Crippen LogP contribution in [0.5, 0.6) is 0 Å². The number of nitrogens with two attached hydrogens (primary N) is 1. The fourth-order valence-corrected chi connectivity index (χ4v) is 2.89. The van der Waals surface area contributed by atoms with E-state index >= 15 is 0 Å². The lowest BCUT2D eigenvalue weighted by molar-refractivity contribution is -0.141. The first-order valence-corrected chi connectivity index (χ1v) is 6.33. The molecule has 1 aromatic rings. The van der Waals surface area contributed by atoms with Gasteiger partial charge in [-0.1, -0.05) is 24.3 Å². The van der Waals surface area contributed by atoms with E-state index in [1.807, 2.05) is 4.90 Å². The largest absolute Gasteiger partial charge is 0.342 e. The van der Waals surface area contributed by atoms with Crippen molar-refractivity contribution in [1.29, 1.82) is 0 Å². The lowest BCUT2D eigenvalue weighted by atomic mass is 9.96. The Bertz CT molecular complexity index is 413. The molecular weight excluding hydrogens is 212 g/mol. The third kappa shape index (κ3) is 1.84. The minimum Gasteiger partial charge on any atom is -0.342 e. The number of likely N-dealkylation sites (tertiary alicyclic amines) is 1. The fourth-order valence-electron chi connectivity index (χ4n) is 2.89. The highest BCUT2D eigenvalue weighted by molar-refractivity contribution is 5.81. The minimum absolute atomic E-state index is 0.172. The van der Waals surface area contributed by atoms with Crippen LogP contribution in [0.1, 0.15) is 11.1 Å². The normalized spacial score (nSPS) is 20.2. The third-order valence-electron chi connectivity index (χ3n) is 4.00. The van der Waals surface area contributed by atoms with Crippen molar-refractivity contribution in [2.24, 2.45) is 17.6 Å². The molecule has 1 heterocycles. The molecule has 1 aliphatic heterocycles. The van der Waals surface area contributed by atoms with Gasteiger partial charge >= 0.3 is 0 Å². The van der Waals surface area contributed by atoms with Crippen LogP contribution in [0.2, 0.25) is 0 Å². The van der Waals surface area contributed by atoms with Crippen molar-refractivity contribution in [2.75, 3.05) is 19.6 Å². The number of nitrogens with zero attached hydrogens (tertiary/aromatic N) is 1. The van der Waals surface area contributed by atoms with Gasteiger partial charge < -0.3 is 10.6 Å². The molecule has 1 aromatic carbocycles. The second-order valence-corrected chi connectivity index (χ2v) is 5.22. The highest BCUT2D eigenvalue weighted by atomic mass is 16.2. The molecule has 0 spiro atoms. The molecule has 0 atom stereocenters. The Hall–Kier alpha value is -1.35. The summed E-state index contributed by atoms with van der Waals surface area (Å²) in [5, 5.41) is 0. The predicted octanol–water partition coefficient (Wildman–Crippen LogP) is 0.818. The second-order valence-electron chi connectivity index (χ2n) is 5.22. The van der Waals surface area contributed by atoms with E-state index in [-0.39, 0.29) is 5.92 Å². The van der Waals surface area contributed by atoms with Gasteiger partial charge in [-0.15, -0.1) is 0 Å². The van der Waals surface area contributed by atoms with Crippen molar-refractivity contribution < 1.29 is 4.79 Å². The van der Waals surface area contributed by atoms with Gasteiger partial charge in [0.05, 0.1) is 0 Å². The quantitative estimate of drug-likeness (QED) is 0.817. The Morgan fingerprint density at radius 1 is 1.24 bits per heavy atom. The number of carbonyl (C=O) groups is 1. The second kappa shape index (κ2) is 4.15. The zero-order chi connectivity index (χ0) is 11.8. The summed E-state index contributed by atoms with van der Waals surface area (Å²) < 4.78 is 0. The van der Waals surface area contributed by atoms with Crippen molar-refractivity contribution in [3.05, 3.63) is 35.4 Å². The SMILES string of the molecule is NCC1CN(C(=O)C2Cc3ccccc3C2)C1. The molecule has 0 radical (unpaired) electrons. The van der Waals surface area contributed by atoms with E-state index in [0.29, 0.717) is 18.4 Å². The molecule has 1 saturated heterocycles. The van der Waals surface area contributed by atoms with Crippen molar-refractivity contribution in [1.82, 2.24) is 4.90 Å². The molecule has 3 rings (SSSR count). The maximum absolute atomic E-state index is 12.2. The number of amides is 1. The number of fused-ring (bicyclic) bond motifs is 1. The Balaban J connectivity index is 1.63. The van der Waals surface area contributed by atoms with Crippen molar-refractivity contribution in [3.8, 4) is 0 Å². The van der Waals surface area contributed by atoms with E-state index in [9.17, 15) is 4.79 Å². The molecule has 1 amide bonds. The number of hydrogen-bond donors (Lipinski definition) is 1. The summed E-state index contributed by atoms with van der Waals surface area (Å²) in [4.78, 5) is 14.2. The number of hydrogen-bond acceptors (Lipinski definition) is 2. The smallest absolute Gasteiger partial charge is 0.226 e. The van der Waals surface area contributed by atoms with Crippen molar-refractivity contribution in [3.63, 3.8) is 0 Å². The summed E-state index contributed by atoms with van der Waals surface area (Å²) in [7, 11) is 0. The van der Waals surface area contributed by atoms with Gasteiger partial charge in [-0.05, 0) is 30.5 Å². The lowest BCUT2D eigenvalue weighted by Gasteiger charge is -2.40. The van der Waals surface area contributed by atoms with Crippen LogP contribution in [0.15, 0.2) is 24.3 Å². The summed E-state index contributed by atoms with van der Waals surface area (Å²) in [5.74, 6) is 1.03. The molecule has 1 fully saturated rings. The lowest BCUT2D eigenvalue weighted by Crippen LogP contribution is -2.54. The monoisotopic (exact) mass is 230 g/mol. The minimum atomic E-state index is 0.172. The molecule has 17 heavy (non-hydrogen) atoms. The highest BCUT2D eigenvalue weighted by Crippen LogP contribution is 2.29. The zero-order valence-electron chi connectivity index (χ0n) is 9.93. The molecular formula is C14H18N2O. The molecule has 0 unspecified atom stereocenters. The zero-order valence-corrected chi connectivity index (χ0v) is 9.93. The molecule has 2 N–H and O–H groups in total. The Labute approximate surface area is 102 Å². The Morgan fingerprint density at radius 3 is 2.35 bits per heavy atom. The maximum Gasteiger partial charge on any atom is 0.226 e. The summed E-state index contributed by atoms with van der Waals surface area (Å²) in [5.41, 5.74) is 8.28. The predicted molar refractivity (Wildman–Crippen MR) is 66.5 cm³/mol. The molecule has 3 nitrogen and oxygen atoms in total. The highest BCUT2D eigenvalue weighted by Gasteiger charge is 2.36. The average molecular weight is 230 g/mol. The van der Waals surface area contributed by atoms with Gasteiger partial charge in [-0.3, -0.25) is 4.79 Å². The summed E-state index contributed by atoms with van der Waals surface area (Å²) >= 11 is 0. The molecule has 2 aliphatic rings. The maximum atomic E-state index is 12.2. The van der Waals surface area contributed by atoms with Gasteiger partial charge in [0, 0.05) is 24.9 Å². The topological polar surface area (TPSA) is 46.3 Å². The van der Waals surface area contributed by atoms with E-state index in [4.69, 9.17) is 5.73 Å². The van der Waals surface area contributed by atoms with Crippen molar-refractivity contribution in [2.45, 2.75) is 12.8 Å². The summed E-state index contributed by atoms with van der Waals surface area (Å²) in [6.45, 7) is 2.43. The molecule has 3 heteroatoms. The van der Waals surface area contributed by atoms with E-state index in [1.54, 1.807) is 0 Å². The van der Waals surface area contributed by atoms with E-state index in [1.165, 1.54) is 11.1 Å². The molecule has 1 aliphatic carbocycles. The summed E-state index contributed by atoms with van der Waals surface area (Å²) in [6.07, 6.45) is 1.83. The molecule has 90 valence electrons. The average Bonchev–Trinajstić information content (AvgIpc) is 2.71. The first kappa shape index (κ1) is 10.8. The number of carbonyl (C=O) groups excluding carboxylic acids is 1.